The smallest absolute Gasteiger partial charge is 0.174 e. The minimum absolute atomic E-state index is 0.528. The lowest BCUT2D eigenvalue weighted by Gasteiger charge is -2.25. The summed E-state index contributed by atoms with van der Waals surface area (Å²) in [5, 5.41) is 4.06. The summed E-state index contributed by atoms with van der Waals surface area (Å²) in [7, 11) is 1.66. The molecule has 0 bridgehead atoms. The van der Waals surface area contributed by atoms with E-state index in [1.807, 2.05) is 48.7 Å². The van der Waals surface area contributed by atoms with Gasteiger partial charge < -0.3 is 15.0 Å². The van der Waals surface area contributed by atoms with Crippen LogP contribution in [0.15, 0.2) is 48.7 Å². The fraction of sp³-hybridized carbons (Fsp3) is 0.294. The standard InChI is InChI=1S/C17H19N3OS/c1-21-16-9-5-13(6-10-16)19-17(22)20(15-7-8-15)12-14-4-2-3-11-18-14/h2-6,9-11,15H,7-8,12H2,1H3,(H,19,22). The topological polar surface area (TPSA) is 37.4 Å². The summed E-state index contributed by atoms with van der Waals surface area (Å²) >= 11 is 5.59. The molecule has 0 saturated heterocycles. The second kappa shape index (κ2) is 6.75. The molecule has 1 aliphatic carbocycles. The number of benzene rings is 1. The van der Waals surface area contributed by atoms with E-state index in [2.05, 4.69) is 15.2 Å². The first-order valence-electron chi connectivity index (χ1n) is 7.38. The minimum atomic E-state index is 0.528. The molecule has 0 spiro atoms. The van der Waals surface area contributed by atoms with Crippen LogP contribution in [-0.4, -0.2) is 28.1 Å². The van der Waals surface area contributed by atoms with E-state index in [0.29, 0.717) is 6.04 Å². The number of anilines is 1. The summed E-state index contributed by atoms with van der Waals surface area (Å²) in [6.07, 6.45) is 4.20. The second-order valence-corrected chi connectivity index (χ2v) is 5.73. The normalized spacial score (nSPS) is 13.5. The van der Waals surface area contributed by atoms with Gasteiger partial charge in [0.1, 0.15) is 5.75 Å². The van der Waals surface area contributed by atoms with Crippen LogP contribution in [0.1, 0.15) is 18.5 Å². The van der Waals surface area contributed by atoms with Crippen LogP contribution in [0.2, 0.25) is 0 Å². The average Bonchev–Trinajstić information content (AvgIpc) is 3.39. The van der Waals surface area contributed by atoms with Crippen molar-refractivity contribution in [2.24, 2.45) is 0 Å². The molecule has 0 aliphatic heterocycles. The van der Waals surface area contributed by atoms with Crippen LogP contribution >= 0.6 is 12.2 Å². The van der Waals surface area contributed by atoms with Crippen molar-refractivity contribution < 1.29 is 4.74 Å². The fourth-order valence-corrected chi connectivity index (χ4v) is 2.62. The molecule has 0 unspecified atom stereocenters. The largest absolute Gasteiger partial charge is 0.497 e. The molecule has 1 fully saturated rings. The van der Waals surface area contributed by atoms with Crippen molar-refractivity contribution in [1.82, 2.24) is 9.88 Å². The van der Waals surface area contributed by atoms with Gasteiger partial charge in [0.15, 0.2) is 5.11 Å². The Morgan fingerprint density at radius 3 is 2.64 bits per heavy atom. The zero-order valence-electron chi connectivity index (χ0n) is 12.5. The number of thiocarbonyl (C=S) groups is 1. The van der Waals surface area contributed by atoms with Gasteiger partial charge in [0.25, 0.3) is 0 Å². The number of hydrogen-bond donors (Lipinski definition) is 1. The molecule has 1 saturated carbocycles. The van der Waals surface area contributed by atoms with Gasteiger partial charge in [-0.1, -0.05) is 6.07 Å². The molecule has 22 heavy (non-hydrogen) atoms. The molecule has 5 heteroatoms. The van der Waals surface area contributed by atoms with Gasteiger partial charge in [-0.25, -0.2) is 0 Å². The number of rotatable bonds is 5. The summed E-state index contributed by atoms with van der Waals surface area (Å²) in [5.74, 6) is 0.837. The maximum Gasteiger partial charge on any atom is 0.174 e. The molecule has 3 rings (SSSR count). The molecule has 2 aromatic rings. The summed E-state index contributed by atoms with van der Waals surface area (Å²) in [6, 6.07) is 14.3. The van der Waals surface area contributed by atoms with Gasteiger partial charge in [-0.05, 0) is 61.5 Å². The molecule has 114 valence electrons. The van der Waals surface area contributed by atoms with Crippen LogP contribution in [-0.2, 0) is 6.54 Å². The van der Waals surface area contributed by atoms with E-state index in [1.54, 1.807) is 7.11 Å². The molecule has 0 amide bonds. The molecule has 0 radical (unpaired) electrons. The van der Waals surface area contributed by atoms with Crippen molar-refractivity contribution in [3.8, 4) is 5.75 Å². The summed E-state index contributed by atoms with van der Waals surface area (Å²) in [6.45, 7) is 0.744. The van der Waals surface area contributed by atoms with Crippen molar-refractivity contribution in [2.75, 3.05) is 12.4 Å². The molecule has 4 nitrogen and oxygen atoms in total. The van der Waals surface area contributed by atoms with Crippen molar-refractivity contribution >= 4 is 23.0 Å². The number of pyridine rings is 1. The Morgan fingerprint density at radius 1 is 1.27 bits per heavy atom. The van der Waals surface area contributed by atoms with Gasteiger partial charge in [-0.3, -0.25) is 4.98 Å². The Hall–Kier alpha value is -2.14. The minimum Gasteiger partial charge on any atom is -0.497 e. The molecular weight excluding hydrogens is 294 g/mol. The zero-order chi connectivity index (χ0) is 15.4. The highest BCUT2D eigenvalue weighted by Gasteiger charge is 2.31. The summed E-state index contributed by atoms with van der Waals surface area (Å²) < 4.78 is 5.17. The average molecular weight is 313 g/mol. The van der Waals surface area contributed by atoms with Crippen LogP contribution in [0.3, 0.4) is 0 Å². The number of nitrogens with zero attached hydrogens (tertiary/aromatic N) is 2. The number of hydrogen-bond acceptors (Lipinski definition) is 3. The summed E-state index contributed by atoms with van der Waals surface area (Å²) in [4.78, 5) is 6.62. The van der Waals surface area contributed by atoms with E-state index in [0.717, 1.165) is 28.8 Å². The van der Waals surface area contributed by atoms with E-state index in [4.69, 9.17) is 17.0 Å². The van der Waals surface area contributed by atoms with E-state index in [9.17, 15) is 0 Å². The highest BCUT2D eigenvalue weighted by Crippen LogP contribution is 2.29. The zero-order valence-corrected chi connectivity index (χ0v) is 13.3. The number of nitrogens with one attached hydrogen (secondary N) is 1. The maximum absolute atomic E-state index is 5.59. The molecule has 1 aliphatic rings. The van der Waals surface area contributed by atoms with Crippen LogP contribution < -0.4 is 10.1 Å². The molecular formula is C17H19N3OS. The molecule has 1 aromatic carbocycles. The van der Waals surface area contributed by atoms with Gasteiger partial charge >= 0.3 is 0 Å². The Balaban J connectivity index is 1.67. The Bertz CT molecular complexity index is 626. The lowest BCUT2D eigenvalue weighted by Crippen LogP contribution is -2.36. The number of aromatic nitrogens is 1. The van der Waals surface area contributed by atoms with Crippen molar-refractivity contribution in [3.05, 3.63) is 54.4 Å². The maximum atomic E-state index is 5.59. The van der Waals surface area contributed by atoms with Crippen LogP contribution in [0.4, 0.5) is 5.69 Å². The first-order chi connectivity index (χ1) is 10.8. The monoisotopic (exact) mass is 313 g/mol. The van der Waals surface area contributed by atoms with Gasteiger partial charge in [0.05, 0.1) is 19.3 Å². The number of methoxy groups -OCH3 is 1. The van der Waals surface area contributed by atoms with Gasteiger partial charge in [-0.15, -0.1) is 0 Å². The van der Waals surface area contributed by atoms with E-state index >= 15 is 0 Å². The molecule has 1 N–H and O–H groups in total. The lowest BCUT2D eigenvalue weighted by atomic mass is 10.3. The first kappa shape index (κ1) is 14.8. The highest BCUT2D eigenvalue weighted by molar-refractivity contribution is 7.80. The molecule has 1 aromatic heterocycles. The lowest BCUT2D eigenvalue weighted by molar-refractivity contribution is 0.404. The van der Waals surface area contributed by atoms with Crippen LogP contribution in [0, 0.1) is 0 Å². The predicted molar refractivity (Wildman–Crippen MR) is 92.0 cm³/mol. The predicted octanol–water partition coefficient (Wildman–Crippen LogP) is 3.45. The fourth-order valence-electron chi connectivity index (χ4n) is 2.29. The third-order valence-corrected chi connectivity index (χ3v) is 3.98. The van der Waals surface area contributed by atoms with E-state index < -0.39 is 0 Å². The van der Waals surface area contributed by atoms with E-state index in [-0.39, 0.29) is 0 Å². The third kappa shape index (κ3) is 3.74. The van der Waals surface area contributed by atoms with Crippen molar-refractivity contribution in [2.45, 2.75) is 25.4 Å². The Kier molecular flexibility index (Phi) is 4.53. The summed E-state index contributed by atoms with van der Waals surface area (Å²) in [5.41, 5.74) is 2.01. The quantitative estimate of drug-likeness (QED) is 0.856. The highest BCUT2D eigenvalue weighted by atomic mass is 32.1. The van der Waals surface area contributed by atoms with Gasteiger partial charge in [0.2, 0.25) is 0 Å². The number of ether oxygens (including phenoxy) is 1. The van der Waals surface area contributed by atoms with Gasteiger partial charge in [-0.2, -0.15) is 0 Å². The van der Waals surface area contributed by atoms with Crippen molar-refractivity contribution in [1.29, 1.82) is 0 Å². The van der Waals surface area contributed by atoms with Gasteiger partial charge in [0, 0.05) is 17.9 Å². The second-order valence-electron chi connectivity index (χ2n) is 5.34. The third-order valence-electron chi connectivity index (χ3n) is 3.65. The van der Waals surface area contributed by atoms with Crippen molar-refractivity contribution in [3.63, 3.8) is 0 Å². The molecule has 1 heterocycles. The Labute approximate surface area is 136 Å². The van der Waals surface area contributed by atoms with Crippen LogP contribution in [0.5, 0.6) is 5.75 Å². The first-order valence-corrected chi connectivity index (χ1v) is 7.78. The SMILES string of the molecule is COc1ccc(NC(=S)N(Cc2ccccn2)C2CC2)cc1. The Morgan fingerprint density at radius 2 is 2.05 bits per heavy atom. The van der Waals surface area contributed by atoms with E-state index in [1.165, 1.54) is 12.8 Å². The molecule has 0 atom stereocenters. The van der Waals surface area contributed by atoms with Crippen LogP contribution in [0.25, 0.3) is 0 Å².